The first kappa shape index (κ1) is 29.8. The fourth-order valence-electron chi connectivity index (χ4n) is 4.70. The van der Waals surface area contributed by atoms with Gasteiger partial charge in [-0.15, -0.1) is 0 Å². The number of aromatic amines is 2. The van der Waals surface area contributed by atoms with Crippen LogP contribution in [0.2, 0.25) is 0 Å². The van der Waals surface area contributed by atoms with Crippen LogP contribution in [0.5, 0.6) is 0 Å². The summed E-state index contributed by atoms with van der Waals surface area (Å²) >= 11 is 0. The highest BCUT2D eigenvalue weighted by Gasteiger charge is 2.27. The minimum absolute atomic E-state index is 0.00461. The van der Waals surface area contributed by atoms with Crippen molar-refractivity contribution in [2.75, 3.05) is 6.54 Å². The van der Waals surface area contributed by atoms with Crippen LogP contribution in [-0.4, -0.2) is 74.5 Å². The Morgan fingerprint density at radius 2 is 1.33 bits per heavy atom. The molecule has 3 amide bonds. The van der Waals surface area contributed by atoms with E-state index in [0.717, 1.165) is 27.4 Å². The normalized spacial score (nSPS) is 13.3. The summed E-state index contributed by atoms with van der Waals surface area (Å²) in [5.74, 6) is -4.67. The number of carbonyl (C=O) groups excluding carboxylic acids is 3. The third-order valence-electron chi connectivity index (χ3n) is 6.89. The Bertz CT molecular complexity index is 1610. The molecule has 0 fully saturated rings. The summed E-state index contributed by atoms with van der Waals surface area (Å²) in [6.07, 6.45) is 2.92. The van der Waals surface area contributed by atoms with Gasteiger partial charge in [0.2, 0.25) is 17.7 Å². The first-order valence-electron chi connectivity index (χ1n) is 13.3. The van der Waals surface area contributed by atoms with Gasteiger partial charge >= 0.3 is 11.9 Å². The van der Waals surface area contributed by atoms with Gasteiger partial charge in [-0.05, 0) is 36.1 Å². The van der Waals surface area contributed by atoms with Crippen LogP contribution in [0.25, 0.3) is 21.8 Å². The van der Waals surface area contributed by atoms with Crippen molar-refractivity contribution in [3.05, 3.63) is 72.1 Å². The Labute approximate surface area is 239 Å². The lowest BCUT2D eigenvalue weighted by Gasteiger charge is -2.20. The molecular weight excluding hydrogens is 544 g/mol. The number of benzene rings is 2. The maximum Gasteiger partial charge on any atom is 0.326 e. The number of carboxylic acid groups (broad SMARTS) is 2. The Morgan fingerprint density at radius 3 is 1.90 bits per heavy atom. The van der Waals surface area contributed by atoms with E-state index in [-0.39, 0.29) is 19.3 Å². The van der Waals surface area contributed by atoms with Crippen molar-refractivity contribution in [2.24, 2.45) is 5.73 Å². The minimum atomic E-state index is -1.28. The molecule has 13 heteroatoms. The highest BCUT2D eigenvalue weighted by molar-refractivity contribution is 5.93. The molecule has 0 saturated carbocycles. The van der Waals surface area contributed by atoms with Crippen molar-refractivity contribution in [3.63, 3.8) is 0 Å². The number of fused-ring (bicyclic) bond motifs is 2. The number of para-hydroxylation sites is 2. The Balaban J connectivity index is 1.34. The number of aliphatic carboxylic acids is 2. The summed E-state index contributed by atoms with van der Waals surface area (Å²) in [4.78, 5) is 67.4. The first-order chi connectivity index (χ1) is 20.1. The molecule has 0 aliphatic rings. The van der Waals surface area contributed by atoms with E-state index in [1.807, 2.05) is 48.5 Å². The summed E-state index contributed by atoms with van der Waals surface area (Å²) in [6.45, 7) is -0.586. The van der Waals surface area contributed by atoms with E-state index < -0.39 is 60.8 Å². The third kappa shape index (κ3) is 7.52. The van der Waals surface area contributed by atoms with Gasteiger partial charge in [0.05, 0.1) is 12.6 Å². The summed E-state index contributed by atoms with van der Waals surface area (Å²) in [5, 5.41) is 27.7. The second-order valence-electron chi connectivity index (χ2n) is 9.90. The summed E-state index contributed by atoms with van der Waals surface area (Å²) in [5.41, 5.74) is 9.31. The number of carboxylic acids is 2. The molecule has 9 N–H and O–H groups in total. The van der Waals surface area contributed by atoms with E-state index >= 15 is 0 Å². The largest absolute Gasteiger partial charge is 0.481 e. The van der Waals surface area contributed by atoms with Crippen molar-refractivity contribution in [2.45, 2.75) is 43.8 Å². The van der Waals surface area contributed by atoms with Crippen LogP contribution >= 0.6 is 0 Å². The lowest BCUT2D eigenvalue weighted by atomic mass is 10.0. The number of aromatic nitrogens is 2. The van der Waals surface area contributed by atoms with Crippen LogP contribution in [0.15, 0.2) is 60.9 Å². The molecule has 220 valence electrons. The Morgan fingerprint density at radius 1 is 0.762 bits per heavy atom. The van der Waals surface area contributed by atoms with Crippen molar-refractivity contribution >= 4 is 51.5 Å². The fourth-order valence-corrected chi connectivity index (χ4v) is 4.70. The average Bonchev–Trinajstić information content (AvgIpc) is 3.57. The summed E-state index contributed by atoms with van der Waals surface area (Å²) in [6, 6.07) is 11.2. The number of nitrogens with two attached hydrogens (primary N) is 1. The minimum Gasteiger partial charge on any atom is -0.481 e. The van der Waals surface area contributed by atoms with E-state index in [4.69, 9.17) is 10.8 Å². The second-order valence-corrected chi connectivity index (χ2v) is 9.90. The molecule has 13 nitrogen and oxygen atoms in total. The standard InChI is InChI=1S/C29H32N6O7/c30-20(11-16-13-31-21-7-3-1-5-18(16)21)27(39)35-23(9-10-26(37)38)28(40)33-15-25(36)34-24(29(41)42)12-17-14-32-22-8-4-2-6-19(17)22/h1-8,13-14,20,23-24,31-32H,9-12,15,30H2,(H,33,40)(H,34,36)(H,35,39)(H,37,38)(H,41,42). The Kier molecular flexibility index (Phi) is 9.55. The SMILES string of the molecule is NC(Cc1c[nH]c2ccccc12)C(=O)NC(CCC(=O)O)C(=O)NCC(=O)NC(Cc1c[nH]c2ccccc12)C(=O)O. The highest BCUT2D eigenvalue weighted by atomic mass is 16.4. The fraction of sp³-hybridized carbons (Fsp3) is 0.276. The molecule has 0 radical (unpaired) electrons. The molecule has 2 aromatic heterocycles. The van der Waals surface area contributed by atoms with E-state index in [2.05, 4.69) is 25.9 Å². The molecule has 2 heterocycles. The highest BCUT2D eigenvalue weighted by Crippen LogP contribution is 2.20. The summed E-state index contributed by atoms with van der Waals surface area (Å²) in [7, 11) is 0. The average molecular weight is 577 g/mol. The van der Waals surface area contributed by atoms with Gasteiger partial charge in [-0.3, -0.25) is 19.2 Å². The van der Waals surface area contributed by atoms with Crippen LogP contribution in [-0.2, 0) is 36.8 Å². The van der Waals surface area contributed by atoms with E-state index in [0.29, 0.717) is 5.56 Å². The van der Waals surface area contributed by atoms with Crippen LogP contribution < -0.4 is 21.7 Å². The molecule has 42 heavy (non-hydrogen) atoms. The van der Waals surface area contributed by atoms with Crippen molar-refractivity contribution < 1.29 is 34.2 Å². The molecule has 0 bridgehead atoms. The van der Waals surface area contributed by atoms with Crippen LogP contribution in [0.1, 0.15) is 24.0 Å². The number of H-pyrrole nitrogens is 2. The van der Waals surface area contributed by atoms with Gasteiger partial charge in [0.1, 0.15) is 12.1 Å². The quantitative estimate of drug-likeness (QED) is 0.107. The molecule has 0 spiro atoms. The number of hydrogen-bond acceptors (Lipinski definition) is 6. The number of rotatable bonds is 14. The molecule has 2 aromatic carbocycles. The van der Waals surface area contributed by atoms with Gasteiger partial charge in [-0.1, -0.05) is 36.4 Å². The maximum absolute atomic E-state index is 12.9. The molecule has 4 aromatic rings. The van der Waals surface area contributed by atoms with Gasteiger partial charge in [0, 0.05) is 47.0 Å². The lowest BCUT2D eigenvalue weighted by Crippen LogP contribution is -2.54. The van der Waals surface area contributed by atoms with Crippen molar-refractivity contribution in [3.8, 4) is 0 Å². The number of amides is 3. The van der Waals surface area contributed by atoms with Gasteiger partial charge in [-0.25, -0.2) is 4.79 Å². The van der Waals surface area contributed by atoms with Crippen molar-refractivity contribution in [1.29, 1.82) is 0 Å². The lowest BCUT2D eigenvalue weighted by molar-refractivity contribution is -0.141. The van der Waals surface area contributed by atoms with Gasteiger partial charge in [0.25, 0.3) is 0 Å². The zero-order valence-corrected chi connectivity index (χ0v) is 22.6. The van der Waals surface area contributed by atoms with Crippen LogP contribution in [0, 0.1) is 0 Å². The van der Waals surface area contributed by atoms with Gasteiger partial charge < -0.3 is 41.9 Å². The van der Waals surface area contributed by atoms with Crippen molar-refractivity contribution in [1.82, 2.24) is 25.9 Å². The number of nitrogens with one attached hydrogen (secondary N) is 5. The molecule has 0 aliphatic heterocycles. The molecule has 3 atom stereocenters. The number of carbonyl (C=O) groups is 5. The Hall–Kier alpha value is -5.17. The predicted octanol–water partition coefficient (Wildman–Crippen LogP) is 0.797. The molecule has 0 saturated heterocycles. The van der Waals surface area contributed by atoms with Gasteiger partial charge in [-0.2, -0.15) is 0 Å². The monoisotopic (exact) mass is 576 g/mol. The van der Waals surface area contributed by atoms with E-state index in [9.17, 15) is 29.1 Å². The zero-order chi connectivity index (χ0) is 30.2. The molecular formula is C29H32N6O7. The smallest absolute Gasteiger partial charge is 0.326 e. The van der Waals surface area contributed by atoms with Crippen LogP contribution in [0.3, 0.4) is 0 Å². The first-order valence-corrected chi connectivity index (χ1v) is 13.3. The van der Waals surface area contributed by atoms with E-state index in [1.54, 1.807) is 12.4 Å². The second kappa shape index (κ2) is 13.5. The molecule has 4 rings (SSSR count). The third-order valence-corrected chi connectivity index (χ3v) is 6.89. The topological polar surface area (TPSA) is 219 Å². The van der Waals surface area contributed by atoms with Gasteiger partial charge in [0.15, 0.2) is 0 Å². The predicted molar refractivity (Wildman–Crippen MR) is 153 cm³/mol. The maximum atomic E-state index is 12.9. The molecule has 0 aliphatic carbocycles. The zero-order valence-electron chi connectivity index (χ0n) is 22.6. The van der Waals surface area contributed by atoms with E-state index in [1.165, 1.54) is 0 Å². The summed E-state index contributed by atoms with van der Waals surface area (Å²) < 4.78 is 0. The molecule has 3 unspecified atom stereocenters. The number of hydrogen-bond donors (Lipinski definition) is 8. The van der Waals surface area contributed by atoms with Crippen LogP contribution in [0.4, 0.5) is 0 Å².